The molecule has 0 aliphatic heterocycles. The Balaban J connectivity index is 2.02. The van der Waals surface area contributed by atoms with Crippen molar-refractivity contribution in [1.29, 1.82) is 0 Å². The van der Waals surface area contributed by atoms with Gasteiger partial charge in [-0.05, 0) is 42.0 Å². The molecule has 112 valence electrons. The van der Waals surface area contributed by atoms with Gasteiger partial charge in [0.05, 0.1) is 11.8 Å². The Morgan fingerprint density at radius 1 is 1.14 bits per heavy atom. The minimum Gasteiger partial charge on any atom is -0.423 e. The predicted molar refractivity (Wildman–Crippen MR) is 79.2 cm³/mol. The molecule has 0 saturated carbocycles. The van der Waals surface area contributed by atoms with Gasteiger partial charge in [-0.1, -0.05) is 12.1 Å². The Morgan fingerprint density at radius 3 is 2.45 bits per heavy atom. The molecule has 2 aromatic rings. The van der Waals surface area contributed by atoms with Crippen LogP contribution in [0, 0.1) is 5.82 Å². The highest BCUT2D eigenvalue weighted by atomic mass is 19.1. The number of benzene rings is 2. The molecule has 0 aromatic heterocycles. The first-order valence-corrected chi connectivity index (χ1v) is 6.42. The van der Waals surface area contributed by atoms with Gasteiger partial charge in [0.25, 0.3) is 0 Å². The van der Waals surface area contributed by atoms with Crippen LogP contribution in [0.3, 0.4) is 0 Å². The highest BCUT2D eigenvalue weighted by Crippen LogP contribution is 2.15. The van der Waals surface area contributed by atoms with Crippen LogP contribution in [0.25, 0.3) is 0 Å². The molecule has 0 heterocycles. The highest BCUT2D eigenvalue weighted by molar-refractivity contribution is 5.91. The van der Waals surface area contributed by atoms with Gasteiger partial charge >= 0.3 is 5.97 Å². The maximum atomic E-state index is 13.5. The van der Waals surface area contributed by atoms with Crippen molar-refractivity contribution in [2.45, 2.75) is 6.92 Å². The van der Waals surface area contributed by atoms with E-state index in [0.29, 0.717) is 5.56 Å². The first kappa shape index (κ1) is 15.4. The maximum absolute atomic E-state index is 13.5. The van der Waals surface area contributed by atoms with Crippen molar-refractivity contribution < 1.29 is 18.7 Å². The first-order chi connectivity index (χ1) is 10.6. The normalized spacial score (nSPS) is 10.5. The number of nitrogens with zero attached hydrogens (tertiary/aromatic N) is 1. The lowest BCUT2D eigenvalue weighted by Gasteiger charge is -2.05. The van der Waals surface area contributed by atoms with Gasteiger partial charge in [0, 0.05) is 6.92 Å². The van der Waals surface area contributed by atoms with E-state index in [4.69, 9.17) is 4.74 Å². The Hall–Kier alpha value is -3.02. The number of hydrogen-bond acceptors (Lipinski definition) is 4. The summed E-state index contributed by atoms with van der Waals surface area (Å²) in [5, 5.41) is 3.71. The van der Waals surface area contributed by atoms with Crippen LogP contribution in [0.15, 0.2) is 53.6 Å². The number of hydrogen-bond donors (Lipinski definition) is 1. The third kappa shape index (κ3) is 4.24. The van der Waals surface area contributed by atoms with E-state index in [1.54, 1.807) is 30.3 Å². The number of hydrazone groups is 1. The number of carbonyl (C=O) groups is 2. The Bertz CT molecular complexity index is 712. The van der Waals surface area contributed by atoms with Crippen LogP contribution in [-0.4, -0.2) is 18.1 Å². The molecule has 0 radical (unpaired) electrons. The average Bonchev–Trinajstić information content (AvgIpc) is 2.49. The zero-order valence-corrected chi connectivity index (χ0v) is 11.7. The lowest BCUT2D eigenvalue weighted by molar-refractivity contribution is -0.118. The van der Waals surface area contributed by atoms with Gasteiger partial charge in [0.15, 0.2) is 0 Å². The van der Waals surface area contributed by atoms with Gasteiger partial charge in [0.1, 0.15) is 11.6 Å². The van der Waals surface area contributed by atoms with Crippen molar-refractivity contribution in [3.63, 3.8) is 0 Å². The minimum atomic E-state index is -0.766. The number of rotatable bonds is 4. The van der Waals surface area contributed by atoms with E-state index < -0.39 is 11.8 Å². The number of carbonyl (C=O) groups excluding carboxylic acids is 2. The van der Waals surface area contributed by atoms with Crippen LogP contribution >= 0.6 is 0 Å². The second-order valence-electron chi connectivity index (χ2n) is 4.36. The second-order valence-corrected chi connectivity index (χ2v) is 4.36. The standard InChI is InChI=1S/C16H13FN2O3/c1-11(20)19-18-10-12-6-8-13(9-7-12)22-16(21)14-4-2-3-5-15(14)17/h2-10H,1H3,(H,19,20). The Morgan fingerprint density at radius 2 is 1.82 bits per heavy atom. The van der Waals surface area contributed by atoms with Gasteiger partial charge in [-0.2, -0.15) is 5.10 Å². The van der Waals surface area contributed by atoms with Crippen molar-refractivity contribution in [2.24, 2.45) is 5.10 Å². The van der Waals surface area contributed by atoms with E-state index in [1.165, 1.54) is 31.3 Å². The summed E-state index contributed by atoms with van der Waals surface area (Å²) in [4.78, 5) is 22.5. The summed E-state index contributed by atoms with van der Waals surface area (Å²) >= 11 is 0. The van der Waals surface area contributed by atoms with E-state index in [2.05, 4.69) is 10.5 Å². The fourth-order valence-electron chi connectivity index (χ4n) is 1.61. The van der Waals surface area contributed by atoms with Crippen molar-refractivity contribution >= 4 is 18.1 Å². The first-order valence-electron chi connectivity index (χ1n) is 6.42. The second kappa shape index (κ2) is 7.12. The summed E-state index contributed by atoms with van der Waals surface area (Å²) in [5.41, 5.74) is 2.85. The number of nitrogens with one attached hydrogen (secondary N) is 1. The fraction of sp³-hybridized carbons (Fsp3) is 0.0625. The molecule has 0 aliphatic rings. The molecule has 0 spiro atoms. The zero-order chi connectivity index (χ0) is 15.9. The molecular weight excluding hydrogens is 287 g/mol. The molecule has 0 saturated heterocycles. The van der Waals surface area contributed by atoms with E-state index in [9.17, 15) is 14.0 Å². The molecular formula is C16H13FN2O3. The Labute approximate surface area is 126 Å². The van der Waals surface area contributed by atoms with Gasteiger partial charge in [-0.15, -0.1) is 0 Å². The molecule has 6 heteroatoms. The number of esters is 1. The van der Waals surface area contributed by atoms with Crippen LogP contribution in [0.5, 0.6) is 5.75 Å². The Kier molecular flexibility index (Phi) is 4.98. The van der Waals surface area contributed by atoms with Crippen LogP contribution in [0.2, 0.25) is 0 Å². The average molecular weight is 300 g/mol. The van der Waals surface area contributed by atoms with E-state index in [-0.39, 0.29) is 17.2 Å². The van der Waals surface area contributed by atoms with Gasteiger partial charge < -0.3 is 4.74 Å². The quantitative estimate of drug-likeness (QED) is 0.408. The van der Waals surface area contributed by atoms with Crippen molar-refractivity contribution in [3.8, 4) is 5.75 Å². The maximum Gasteiger partial charge on any atom is 0.346 e. The zero-order valence-electron chi connectivity index (χ0n) is 11.7. The number of halogens is 1. The summed E-state index contributed by atoms with van der Waals surface area (Å²) in [6, 6.07) is 12.0. The molecule has 22 heavy (non-hydrogen) atoms. The molecule has 2 aromatic carbocycles. The third-order valence-electron chi connectivity index (χ3n) is 2.62. The van der Waals surface area contributed by atoms with Crippen LogP contribution < -0.4 is 10.2 Å². The monoisotopic (exact) mass is 300 g/mol. The molecule has 2 rings (SSSR count). The molecule has 1 N–H and O–H groups in total. The largest absolute Gasteiger partial charge is 0.423 e. The number of amides is 1. The van der Waals surface area contributed by atoms with Crippen molar-refractivity contribution in [1.82, 2.24) is 5.43 Å². The smallest absolute Gasteiger partial charge is 0.346 e. The molecule has 5 nitrogen and oxygen atoms in total. The molecule has 0 bridgehead atoms. The third-order valence-corrected chi connectivity index (χ3v) is 2.62. The van der Waals surface area contributed by atoms with E-state index >= 15 is 0 Å². The summed E-state index contributed by atoms with van der Waals surface area (Å²) in [6.07, 6.45) is 1.45. The van der Waals surface area contributed by atoms with E-state index in [1.807, 2.05) is 0 Å². The lowest BCUT2D eigenvalue weighted by Crippen LogP contribution is -2.12. The van der Waals surface area contributed by atoms with E-state index in [0.717, 1.165) is 0 Å². The molecule has 0 unspecified atom stereocenters. The van der Waals surface area contributed by atoms with Crippen LogP contribution in [0.4, 0.5) is 4.39 Å². The minimum absolute atomic E-state index is 0.126. The van der Waals surface area contributed by atoms with Crippen LogP contribution in [-0.2, 0) is 4.79 Å². The summed E-state index contributed by atoms with van der Waals surface area (Å²) in [5.74, 6) is -1.39. The van der Waals surface area contributed by atoms with Crippen LogP contribution in [0.1, 0.15) is 22.8 Å². The number of ether oxygens (including phenoxy) is 1. The lowest BCUT2D eigenvalue weighted by atomic mass is 10.2. The van der Waals surface area contributed by atoms with Gasteiger partial charge in [-0.3, -0.25) is 4.79 Å². The van der Waals surface area contributed by atoms with Crippen molar-refractivity contribution in [3.05, 3.63) is 65.5 Å². The summed E-state index contributed by atoms with van der Waals surface area (Å²) in [6.45, 7) is 1.35. The summed E-state index contributed by atoms with van der Waals surface area (Å²) < 4.78 is 18.5. The summed E-state index contributed by atoms with van der Waals surface area (Å²) in [7, 11) is 0. The SMILES string of the molecule is CC(=O)NN=Cc1ccc(OC(=O)c2ccccc2F)cc1. The predicted octanol–water partition coefficient (Wildman–Crippen LogP) is 2.51. The highest BCUT2D eigenvalue weighted by Gasteiger charge is 2.12. The molecule has 0 fully saturated rings. The topological polar surface area (TPSA) is 67.8 Å². The van der Waals surface area contributed by atoms with Crippen molar-refractivity contribution in [2.75, 3.05) is 0 Å². The molecule has 0 aliphatic carbocycles. The fourth-order valence-corrected chi connectivity index (χ4v) is 1.61. The molecule has 0 atom stereocenters. The molecule has 1 amide bonds. The van der Waals surface area contributed by atoms with Gasteiger partial charge in [0.2, 0.25) is 5.91 Å². The van der Waals surface area contributed by atoms with Gasteiger partial charge in [-0.25, -0.2) is 14.6 Å².